The SMILES string of the molecule is CCCC[C@H]1CN(C2=Nc3ccc(F)cc3Nc3ccc(C(F)(F)F)cc32)CCN1. The highest BCUT2D eigenvalue weighted by atomic mass is 19.4. The maximum absolute atomic E-state index is 13.8. The van der Waals surface area contributed by atoms with Crippen LogP contribution in [0.2, 0.25) is 0 Å². The quantitative estimate of drug-likeness (QED) is 0.650. The molecule has 2 N–H and O–H groups in total. The highest BCUT2D eigenvalue weighted by Gasteiger charge is 2.33. The summed E-state index contributed by atoms with van der Waals surface area (Å²) >= 11 is 0. The molecular formula is C22H24F4N4. The molecule has 8 heteroatoms. The number of nitrogens with one attached hydrogen (secondary N) is 2. The van der Waals surface area contributed by atoms with Gasteiger partial charge in [-0.25, -0.2) is 9.38 Å². The van der Waals surface area contributed by atoms with Gasteiger partial charge in [0.15, 0.2) is 0 Å². The number of benzene rings is 2. The van der Waals surface area contributed by atoms with Gasteiger partial charge in [-0.1, -0.05) is 19.8 Å². The van der Waals surface area contributed by atoms with Gasteiger partial charge >= 0.3 is 6.18 Å². The number of nitrogens with zero attached hydrogens (tertiary/aromatic N) is 2. The van der Waals surface area contributed by atoms with E-state index >= 15 is 0 Å². The Morgan fingerprint density at radius 3 is 2.73 bits per heavy atom. The monoisotopic (exact) mass is 420 g/mol. The van der Waals surface area contributed by atoms with Crippen LogP contribution in [-0.4, -0.2) is 36.4 Å². The molecule has 2 aliphatic rings. The Morgan fingerprint density at radius 2 is 1.97 bits per heavy atom. The first-order valence-corrected chi connectivity index (χ1v) is 10.2. The number of alkyl halides is 3. The van der Waals surface area contributed by atoms with Gasteiger partial charge in [0.1, 0.15) is 11.7 Å². The molecule has 0 aromatic heterocycles. The number of amidine groups is 1. The van der Waals surface area contributed by atoms with Crippen LogP contribution < -0.4 is 10.6 Å². The molecule has 2 aliphatic heterocycles. The second-order valence-corrected chi connectivity index (χ2v) is 7.72. The van der Waals surface area contributed by atoms with E-state index in [2.05, 4.69) is 17.6 Å². The van der Waals surface area contributed by atoms with Crippen molar-refractivity contribution < 1.29 is 17.6 Å². The van der Waals surface area contributed by atoms with Crippen LogP contribution in [0.5, 0.6) is 0 Å². The molecule has 2 heterocycles. The van der Waals surface area contributed by atoms with E-state index in [0.717, 1.165) is 37.9 Å². The first kappa shape index (κ1) is 20.7. The van der Waals surface area contributed by atoms with Gasteiger partial charge in [0, 0.05) is 36.9 Å². The van der Waals surface area contributed by atoms with Gasteiger partial charge in [0.05, 0.1) is 16.9 Å². The van der Waals surface area contributed by atoms with Crippen molar-refractivity contribution in [2.45, 2.75) is 38.4 Å². The lowest BCUT2D eigenvalue weighted by atomic mass is 10.0. The summed E-state index contributed by atoms with van der Waals surface area (Å²) in [5, 5.41) is 6.56. The fourth-order valence-corrected chi connectivity index (χ4v) is 3.94. The van der Waals surface area contributed by atoms with Crippen LogP contribution >= 0.6 is 0 Å². The van der Waals surface area contributed by atoms with Gasteiger partial charge in [-0.3, -0.25) is 0 Å². The third-order valence-corrected chi connectivity index (χ3v) is 5.50. The zero-order chi connectivity index (χ0) is 21.3. The van der Waals surface area contributed by atoms with E-state index in [1.807, 2.05) is 4.90 Å². The summed E-state index contributed by atoms with van der Waals surface area (Å²) in [6.45, 7) is 4.15. The van der Waals surface area contributed by atoms with Gasteiger partial charge in [-0.15, -0.1) is 0 Å². The van der Waals surface area contributed by atoms with Crippen molar-refractivity contribution in [2.24, 2.45) is 4.99 Å². The number of hydrogen-bond donors (Lipinski definition) is 2. The number of unbranched alkanes of at least 4 members (excludes halogenated alkanes) is 1. The summed E-state index contributed by atoms with van der Waals surface area (Å²) in [6, 6.07) is 7.97. The number of piperazine rings is 1. The summed E-state index contributed by atoms with van der Waals surface area (Å²) in [5.41, 5.74) is 1.06. The lowest BCUT2D eigenvalue weighted by Gasteiger charge is -2.36. The molecule has 0 aliphatic carbocycles. The van der Waals surface area contributed by atoms with Gasteiger partial charge in [0.2, 0.25) is 0 Å². The van der Waals surface area contributed by atoms with E-state index in [-0.39, 0.29) is 6.04 Å². The van der Waals surface area contributed by atoms with Crippen molar-refractivity contribution in [1.29, 1.82) is 0 Å². The number of rotatable bonds is 3. The minimum Gasteiger partial charge on any atom is -0.353 e. The van der Waals surface area contributed by atoms with Crippen molar-refractivity contribution in [3.63, 3.8) is 0 Å². The van der Waals surface area contributed by atoms with E-state index in [1.54, 1.807) is 6.07 Å². The van der Waals surface area contributed by atoms with Crippen LogP contribution in [0.15, 0.2) is 41.4 Å². The van der Waals surface area contributed by atoms with Gasteiger partial charge in [-0.05, 0) is 42.8 Å². The predicted molar refractivity (Wildman–Crippen MR) is 110 cm³/mol. The second-order valence-electron chi connectivity index (χ2n) is 7.72. The molecule has 0 saturated carbocycles. The predicted octanol–water partition coefficient (Wildman–Crippen LogP) is 5.44. The first-order valence-electron chi connectivity index (χ1n) is 10.2. The van der Waals surface area contributed by atoms with Crippen LogP contribution in [0.25, 0.3) is 0 Å². The standard InChI is InChI=1S/C22H24F4N4/c1-2-3-4-16-13-30(10-9-27-16)21-17-11-14(22(24,25)26)5-7-18(17)28-20-12-15(23)6-8-19(20)29-21/h5-8,11-12,16,27-28H,2-4,9-10,13H2,1H3/t16-/m0/s1. The summed E-state index contributed by atoms with van der Waals surface area (Å²) in [4.78, 5) is 6.74. The molecule has 0 radical (unpaired) electrons. The molecule has 160 valence electrons. The lowest BCUT2D eigenvalue weighted by molar-refractivity contribution is -0.137. The van der Waals surface area contributed by atoms with Crippen molar-refractivity contribution >= 4 is 22.9 Å². The highest BCUT2D eigenvalue weighted by molar-refractivity contribution is 6.08. The Kier molecular flexibility index (Phi) is 5.69. The van der Waals surface area contributed by atoms with E-state index < -0.39 is 17.6 Å². The number of aliphatic imine (C=N–C) groups is 1. The van der Waals surface area contributed by atoms with Crippen LogP contribution in [0.3, 0.4) is 0 Å². The molecule has 0 spiro atoms. The molecule has 30 heavy (non-hydrogen) atoms. The minimum atomic E-state index is -4.46. The fourth-order valence-electron chi connectivity index (χ4n) is 3.94. The topological polar surface area (TPSA) is 39.7 Å². The van der Waals surface area contributed by atoms with Gasteiger partial charge < -0.3 is 15.5 Å². The molecule has 1 fully saturated rings. The van der Waals surface area contributed by atoms with E-state index in [0.29, 0.717) is 41.6 Å². The summed E-state index contributed by atoms with van der Waals surface area (Å²) in [6.07, 6.45) is -1.30. The number of fused-ring (bicyclic) bond motifs is 2. The van der Waals surface area contributed by atoms with Crippen LogP contribution in [-0.2, 0) is 6.18 Å². The van der Waals surface area contributed by atoms with E-state index in [9.17, 15) is 17.6 Å². The number of anilines is 2. The Labute approximate surface area is 173 Å². The van der Waals surface area contributed by atoms with Crippen LogP contribution in [0.1, 0.15) is 37.3 Å². The average Bonchev–Trinajstić information content (AvgIpc) is 2.87. The van der Waals surface area contributed by atoms with Crippen molar-refractivity contribution in [3.8, 4) is 0 Å². The number of hydrogen-bond acceptors (Lipinski definition) is 4. The lowest BCUT2D eigenvalue weighted by Crippen LogP contribution is -2.52. The van der Waals surface area contributed by atoms with Crippen LogP contribution in [0, 0.1) is 5.82 Å². The first-order chi connectivity index (χ1) is 14.3. The molecule has 1 atom stereocenters. The molecule has 0 amide bonds. The minimum absolute atomic E-state index is 0.250. The summed E-state index contributed by atoms with van der Waals surface area (Å²) < 4.78 is 54.0. The highest BCUT2D eigenvalue weighted by Crippen LogP contribution is 2.38. The van der Waals surface area contributed by atoms with Crippen LogP contribution in [0.4, 0.5) is 34.6 Å². The Hall–Kier alpha value is -2.61. The van der Waals surface area contributed by atoms with E-state index in [4.69, 9.17) is 4.99 Å². The maximum Gasteiger partial charge on any atom is 0.416 e. The van der Waals surface area contributed by atoms with Crippen molar-refractivity contribution in [3.05, 3.63) is 53.3 Å². The van der Waals surface area contributed by atoms with Crippen molar-refractivity contribution in [1.82, 2.24) is 10.2 Å². The fraction of sp³-hybridized carbons (Fsp3) is 0.409. The van der Waals surface area contributed by atoms with Crippen molar-refractivity contribution in [2.75, 3.05) is 25.0 Å². The molecule has 4 rings (SSSR count). The molecule has 0 unspecified atom stereocenters. The summed E-state index contributed by atoms with van der Waals surface area (Å²) in [5.74, 6) is 0.0483. The zero-order valence-electron chi connectivity index (χ0n) is 16.7. The molecule has 2 aromatic rings. The summed E-state index contributed by atoms with van der Waals surface area (Å²) in [7, 11) is 0. The Balaban J connectivity index is 1.79. The Bertz CT molecular complexity index is 955. The average molecular weight is 420 g/mol. The van der Waals surface area contributed by atoms with Gasteiger partial charge in [0.25, 0.3) is 0 Å². The zero-order valence-corrected chi connectivity index (χ0v) is 16.7. The smallest absolute Gasteiger partial charge is 0.353 e. The maximum atomic E-state index is 13.8. The second kappa shape index (κ2) is 8.26. The third kappa shape index (κ3) is 4.28. The molecule has 1 saturated heterocycles. The number of halogens is 4. The third-order valence-electron chi connectivity index (χ3n) is 5.50. The molecule has 4 nitrogen and oxygen atoms in total. The van der Waals surface area contributed by atoms with E-state index in [1.165, 1.54) is 18.2 Å². The van der Waals surface area contributed by atoms with Gasteiger partial charge in [-0.2, -0.15) is 13.2 Å². The molecule has 0 bridgehead atoms. The molecular weight excluding hydrogens is 396 g/mol. The Morgan fingerprint density at radius 1 is 1.13 bits per heavy atom. The molecule has 2 aromatic carbocycles. The largest absolute Gasteiger partial charge is 0.416 e. The normalized spacial score (nSPS) is 18.8.